The van der Waals surface area contributed by atoms with Gasteiger partial charge in [-0.25, -0.2) is 9.97 Å². The molecule has 4 nitrogen and oxygen atoms in total. The summed E-state index contributed by atoms with van der Waals surface area (Å²) in [5.41, 5.74) is 2.16. The van der Waals surface area contributed by atoms with Crippen molar-refractivity contribution in [1.82, 2.24) is 14.9 Å². The Morgan fingerprint density at radius 3 is 2.38 bits per heavy atom. The molecule has 1 aliphatic heterocycles. The lowest BCUT2D eigenvalue weighted by molar-refractivity contribution is -0.158. The van der Waals surface area contributed by atoms with Gasteiger partial charge in [-0.15, -0.1) is 0 Å². The quantitative estimate of drug-likeness (QED) is 0.795. The van der Waals surface area contributed by atoms with Crippen LogP contribution in [0.3, 0.4) is 0 Å². The van der Waals surface area contributed by atoms with E-state index in [9.17, 15) is 4.79 Å². The van der Waals surface area contributed by atoms with E-state index in [1.54, 1.807) is 6.33 Å². The molecule has 0 spiro atoms. The Morgan fingerprint density at radius 1 is 1.10 bits per heavy atom. The molecule has 2 heterocycles. The Morgan fingerprint density at radius 2 is 1.76 bits per heavy atom. The highest BCUT2D eigenvalue weighted by atomic mass is 16.2. The Labute approximate surface area is 125 Å². The van der Waals surface area contributed by atoms with Crippen LogP contribution >= 0.6 is 0 Å². The zero-order chi connectivity index (χ0) is 14.0. The number of carbonyl (C=O) groups excluding carboxylic acids is 1. The van der Waals surface area contributed by atoms with E-state index >= 15 is 0 Å². The highest BCUT2D eigenvalue weighted by molar-refractivity contribution is 5.83. The number of fused-ring (bicyclic) bond motifs is 1. The van der Waals surface area contributed by atoms with Gasteiger partial charge in [-0.05, 0) is 56.3 Å². The Kier molecular flexibility index (Phi) is 2.34. The number of amides is 1. The van der Waals surface area contributed by atoms with Crippen LogP contribution in [0.2, 0.25) is 0 Å². The summed E-state index contributed by atoms with van der Waals surface area (Å²) in [5, 5.41) is 0. The van der Waals surface area contributed by atoms with Gasteiger partial charge in [0.1, 0.15) is 6.33 Å². The van der Waals surface area contributed by atoms with Crippen molar-refractivity contribution in [3.63, 3.8) is 0 Å². The van der Waals surface area contributed by atoms with Crippen LogP contribution in [-0.2, 0) is 17.9 Å². The summed E-state index contributed by atoms with van der Waals surface area (Å²) < 4.78 is 0. The van der Waals surface area contributed by atoms with Gasteiger partial charge in [-0.3, -0.25) is 4.79 Å². The molecule has 0 N–H and O–H groups in total. The number of carbonyl (C=O) groups is 1. The lowest BCUT2D eigenvalue weighted by Gasteiger charge is -2.56. The summed E-state index contributed by atoms with van der Waals surface area (Å²) in [6.45, 7) is 1.41. The maximum Gasteiger partial charge on any atom is 0.229 e. The van der Waals surface area contributed by atoms with Crippen molar-refractivity contribution < 1.29 is 4.79 Å². The van der Waals surface area contributed by atoms with E-state index in [0.717, 1.165) is 54.8 Å². The molecule has 0 unspecified atom stereocenters. The Bertz CT molecular complexity index is 552. The largest absolute Gasteiger partial charge is 0.332 e. The zero-order valence-corrected chi connectivity index (χ0v) is 12.3. The molecule has 21 heavy (non-hydrogen) atoms. The minimum atomic E-state index is -0.0236. The van der Waals surface area contributed by atoms with Crippen LogP contribution in [0.5, 0.6) is 0 Å². The Hall–Kier alpha value is -1.45. The zero-order valence-electron chi connectivity index (χ0n) is 12.3. The van der Waals surface area contributed by atoms with Gasteiger partial charge in [-0.2, -0.15) is 0 Å². The fraction of sp³-hybridized carbons (Fsp3) is 0.706. The second-order valence-electron chi connectivity index (χ2n) is 7.85. The predicted octanol–water partition coefficient (Wildman–Crippen LogP) is 2.54. The minimum Gasteiger partial charge on any atom is -0.332 e. The van der Waals surface area contributed by atoms with Crippen molar-refractivity contribution in [1.29, 1.82) is 0 Å². The highest BCUT2D eigenvalue weighted by Crippen LogP contribution is 2.60. The van der Waals surface area contributed by atoms with Crippen molar-refractivity contribution in [2.45, 2.75) is 51.6 Å². The van der Waals surface area contributed by atoms with E-state index in [-0.39, 0.29) is 5.41 Å². The molecule has 0 atom stereocenters. The summed E-state index contributed by atoms with van der Waals surface area (Å²) in [6.07, 6.45) is 11.1. The van der Waals surface area contributed by atoms with Crippen LogP contribution in [0.25, 0.3) is 0 Å². The van der Waals surface area contributed by atoms with Crippen LogP contribution in [0.15, 0.2) is 12.5 Å². The normalized spacial score (nSPS) is 39.6. The van der Waals surface area contributed by atoms with Crippen molar-refractivity contribution in [2.24, 2.45) is 23.2 Å². The van der Waals surface area contributed by atoms with Crippen LogP contribution in [-0.4, -0.2) is 20.8 Å². The monoisotopic (exact) mass is 283 g/mol. The topological polar surface area (TPSA) is 46.1 Å². The average molecular weight is 283 g/mol. The van der Waals surface area contributed by atoms with Gasteiger partial charge in [0.25, 0.3) is 0 Å². The van der Waals surface area contributed by atoms with Crippen LogP contribution in [0.1, 0.15) is 49.8 Å². The summed E-state index contributed by atoms with van der Waals surface area (Å²) in [6, 6.07) is 0. The second-order valence-corrected chi connectivity index (χ2v) is 7.85. The molecule has 4 bridgehead atoms. The van der Waals surface area contributed by atoms with E-state index in [0.29, 0.717) is 12.5 Å². The van der Waals surface area contributed by atoms with Crippen LogP contribution < -0.4 is 0 Å². The van der Waals surface area contributed by atoms with Crippen molar-refractivity contribution in [3.05, 3.63) is 23.8 Å². The van der Waals surface area contributed by atoms with Crippen LogP contribution in [0.4, 0.5) is 0 Å². The number of hydrogen-bond acceptors (Lipinski definition) is 3. The molecule has 4 saturated carbocycles. The van der Waals surface area contributed by atoms with Gasteiger partial charge in [0.05, 0.1) is 17.7 Å². The predicted molar refractivity (Wildman–Crippen MR) is 76.9 cm³/mol. The number of rotatable bonds is 1. The molecule has 4 aliphatic carbocycles. The first-order valence-electron chi connectivity index (χ1n) is 8.29. The first kappa shape index (κ1) is 12.1. The fourth-order valence-electron chi connectivity index (χ4n) is 5.95. The molecule has 1 aromatic rings. The van der Waals surface area contributed by atoms with E-state index in [2.05, 4.69) is 9.97 Å². The molecule has 5 aliphatic rings. The minimum absolute atomic E-state index is 0.0236. The maximum atomic E-state index is 13.2. The first-order valence-corrected chi connectivity index (χ1v) is 8.29. The molecule has 4 fully saturated rings. The van der Waals surface area contributed by atoms with Gasteiger partial charge in [0, 0.05) is 18.3 Å². The van der Waals surface area contributed by atoms with Crippen LogP contribution in [0, 0.1) is 23.2 Å². The summed E-state index contributed by atoms with van der Waals surface area (Å²) in [5.74, 6) is 2.89. The molecule has 1 aromatic heterocycles. The number of aromatic nitrogens is 2. The molecule has 0 saturated heterocycles. The van der Waals surface area contributed by atoms with E-state index in [1.165, 1.54) is 19.3 Å². The lowest BCUT2D eigenvalue weighted by Crippen LogP contribution is -2.53. The third-order valence-corrected chi connectivity index (χ3v) is 6.36. The molecule has 0 aromatic carbocycles. The van der Waals surface area contributed by atoms with Crippen molar-refractivity contribution in [3.8, 4) is 0 Å². The summed E-state index contributed by atoms with van der Waals surface area (Å²) in [4.78, 5) is 23.7. The van der Waals surface area contributed by atoms with Crippen molar-refractivity contribution in [2.75, 3.05) is 0 Å². The van der Waals surface area contributed by atoms with Gasteiger partial charge in [-0.1, -0.05) is 0 Å². The lowest BCUT2D eigenvalue weighted by atomic mass is 9.49. The fourth-order valence-corrected chi connectivity index (χ4v) is 5.95. The average Bonchev–Trinajstić information content (AvgIpc) is 2.88. The molecule has 0 radical (unpaired) electrons. The molecular formula is C17H21N3O. The summed E-state index contributed by atoms with van der Waals surface area (Å²) >= 11 is 0. The smallest absolute Gasteiger partial charge is 0.229 e. The van der Waals surface area contributed by atoms with Gasteiger partial charge in [0.15, 0.2) is 0 Å². The van der Waals surface area contributed by atoms with E-state index in [4.69, 9.17) is 0 Å². The maximum absolute atomic E-state index is 13.2. The standard InChI is InChI=1S/C17H21N3O/c21-16(20-8-14-7-18-10-19-15(14)9-20)17-4-11-1-12(5-17)3-13(2-11)6-17/h7,10-13H,1-6,8-9H2. The third kappa shape index (κ3) is 1.71. The van der Waals surface area contributed by atoms with Crippen molar-refractivity contribution >= 4 is 5.91 Å². The number of hydrogen-bond donors (Lipinski definition) is 0. The molecule has 6 rings (SSSR count). The molecule has 110 valence electrons. The SMILES string of the molecule is O=C(N1Cc2cncnc2C1)C12CC3CC(CC(C3)C1)C2. The first-order chi connectivity index (χ1) is 10.2. The Balaban J connectivity index is 1.43. The number of nitrogens with zero attached hydrogens (tertiary/aromatic N) is 3. The van der Waals surface area contributed by atoms with E-state index < -0.39 is 0 Å². The van der Waals surface area contributed by atoms with Gasteiger partial charge in [0.2, 0.25) is 5.91 Å². The molecule has 1 amide bonds. The summed E-state index contributed by atoms with van der Waals surface area (Å²) in [7, 11) is 0. The van der Waals surface area contributed by atoms with E-state index in [1.807, 2.05) is 11.1 Å². The molecule has 4 heteroatoms. The van der Waals surface area contributed by atoms with Gasteiger partial charge >= 0.3 is 0 Å². The molecular weight excluding hydrogens is 262 g/mol. The third-order valence-electron chi connectivity index (χ3n) is 6.36. The second kappa shape index (κ2) is 4.05. The van der Waals surface area contributed by atoms with Gasteiger partial charge < -0.3 is 4.90 Å². The highest BCUT2D eigenvalue weighted by Gasteiger charge is 2.55.